The molecule has 1 unspecified atom stereocenters. The third-order valence-corrected chi connectivity index (χ3v) is 4.55. The van der Waals surface area contributed by atoms with Gasteiger partial charge in [0.1, 0.15) is 23.7 Å². The van der Waals surface area contributed by atoms with E-state index >= 15 is 0 Å². The normalized spacial score (nSPS) is 12.7. The second-order valence-corrected chi connectivity index (χ2v) is 6.56. The van der Waals surface area contributed by atoms with Crippen LogP contribution in [0, 0.1) is 11.8 Å². The number of nitrogens with zero attached hydrogens (tertiary/aromatic N) is 2. The first kappa shape index (κ1) is 19.2. The molecule has 0 fully saturated rings. The highest BCUT2D eigenvalue weighted by molar-refractivity contribution is 6.31. The molecule has 27 heavy (non-hydrogen) atoms. The fourth-order valence-corrected chi connectivity index (χ4v) is 3.17. The topological polar surface area (TPSA) is 60.0 Å². The Balaban J connectivity index is 1.93. The van der Waals surface area contributed by atoms with Crippen molar-refractivity contribution >= 4 is 23.2 Å². The van der Waals surface area contributed by atoms with E-state index in [1.807, 2.05) is 12.1 Å². The van der Waals surface area contributed by atoms with Crippen LogP contribution in [0.25, 0.3) is 0 Å². The largest absolute Gasteiger partial charge is 0.457 e. The summed E-state index contributed by atoms with van der Waals surface area (Å²) in [6.07, 6.45) is 1.82. The molecule has 138 valence electrons. The summed E-state index contributed by atoms with van der Waals surface area (Å²) >= 11 is 12.5. The molecule has 1 aromatic heterocycles. The molecule has 0 bridgehead atoms. The smallest absolute Gasteiger partial charge is 0.162 e. The minimum Gasteiger partial charge on any atom is -0.457 e. The summed E-state index contributed by atoms with van der Waals surface area (Å²) in [5.41, 5.74) is -0.231. The van der Waals surface area contributed by atoms with Gasteiger partial charge in [0.05, 0.1) is 11.4 Å². The fourth-order valence-electron chi connectivity index (χ4n) is 2.72. The molecular weight excluding hydrogens is 385 g/mol. The number of aromatic amines is 1. The highest BCUT2D eigenvalue weighted by atomic mass is 35.5. The zero-order valence-corrected chi connectivity index (χ0v) is 16.3. The molecule has 0 saturated heterocycles. The number of H-pyrrole nitrogens is 1. The Morgan fingerprint density at radius 3 is 2.44 bits per heavy atom. The zero-order valence-electron chi connectivity index (χ0n) is 14.8. The van der Waals surface area contributed by atoms with Gasteiger partial charge in [-0.1, -0.05) is 29.1 Å². The molecule has 0 spiro atoms. The summed E-state index contributed by atoms with van der Waals surface area (Å²) in [7, 11) is 1.59. The monoisotopic (exact) mass is 401 g/mol. The van der Waals surface area contributed by atoms with Crippen LogP contribution < -0.4 is 4.74 Å². The maximum atomic E-state index is 6.56. The molecule has 1 atom stereocenters. The number of hydrogen-bond acceptors (Lipinski definition) is 4. The number of nitrogens with one attached hydrogen (secondary N) is 1. The second-order valence-electron chi connectivity index (χ2n) is 5.71. The Morgan fingerprint density at radius 1 is 1.11 bits per heavy atom. The van der Waals surface area contributed by atoms with Crippen LogP contribution >= 0.6 is 23.2 Å². The maximum Gasteiger partial charge on any atom is 0.162 e. The van der Waals surface area contributed by atoms with Gasteiger partial charge in [0.15, 0.2) is 5.60 Å². The predicted molar refractivity (Wildman–Crippen MR) is 105 cm³/mol. The van der Waals surface area contributed by atoms with E-state index in [1.54, 1.807) is 44.4 Å². The van der Waals surface area contributed by atoms with Crippen molar-refractivity contribution in [3.8, 4) is 23.3 Å². The van der Waals surface area contributed by atoms with Crippen molar-refractivity contribution < 1.29 is 9.47 Å². The van der Waals surface area contributed by atoms with Gasteiger partial charge in [-0.25, -0.2) is 4.98 Å². The van der Waals surface area contributed by atoms with Gasteiger partial charge >= 0.3 is 0 Å². The second kappa shape index (κ2) is 8.45. The lowest BCUT2D eigenvalue weighted by Gasteiger charge is -2.28. The Morgan fingerprint density at radius 2 is 1.85 bits per heavy atom. The van der Waals surface area contributed by atoms with Gasteiger partial charge < -0.3 is 9.47 Å². The summed E-state index contributed by atoms with van der Waals surface area (Å²) < 4.78 is 11.6. The quantitative estimate of drug-likeness (QED) is 0.589. The Labute approximate surface area is 167 Å². The van der Waals surface area contributed by atoms with E-state index in [9.17, 15) is 0 Å². The van der Waals surface area contributed by atoms with Crippen LogP contribution in [0.5, 0.6) is 11.5 Å². The van der Waals surface area contributed by atoms with Crippen LogP contribution in [0.1, 0.15) is 18.3 Å². The number of ether oxygens (including phenoxy) is 2. The standard InChI is InChI=1S/C20H17Cl2N3O2/c1-3-10-20(26-2,12-19-23-13-24-25-19)17-9-8-16(11-18(17)22)27-15-6-4-14(21)5-7-15/h4-9,11,13H,12H2,1-2H3,(H,23,24,25). The van der Waals surface area contributed by atoms with E-state index in [-0.39, 0.29) is 0 Å². The molecule has 0 aliphatic rings. The molecule has 2 aromatic carbocycles. The van der Waals surface area contributed by atoms with Crippen LogP contribution in [0.3, 0.4) is 0 Å². The van der Waals surface area contributed by atoms with Crippen LogP contribution in [-0.4, -0.2) is 22.3 Å². The fraction of sp³-hybridized carbons (Fsp3) is 0.200. The molecule has 0 saturated carbocycles. The SMILES string of the molecule is CC#CC(Cc1ncn[nH]1)(OC)c1ccc(Oc2ccc(Cl)cc2)cc1Cl. The summed E-state index contributed by atoms with van der Waals surface area (Å²) in [6.45, 7) is 1.75. The number of rotatable bonds is 6. The van der Waals surface area contributed by atoms with Crippen LogP contribution in [0.15, 0.2) is 48.8 Å². The number of hydrogen-bond donors (Lipinski definition) is 1. The minimum absolute atomic E-state index is 0.376. The average molecular weight is 402 g/mol. The molecule has 3 aromatic rings. The Hall–Kier alpha value is -2.52. The number of halogens is 2. The van der Waals surface area contributed by atoms with Crippen LogP contribution in [0.4, 0.5) is 0 Å². The molecular formula is C20H17Cl2N3O2. The molecule has 0 radical (unpaired) electrons. The van der Waals surface area contributed by atoms with E-state index in [4.69, 9.17) is 32.7 Å². The molecule has 5 nitrogen and oxygen atoms in total. The summed E-state index contributed by atoms with van der Waals surface area (Å²) in [5.74, 6) is 7.95. The zero-order chi connectivity index (χ0) is 19.3. The number of aromatic nitrogens is 3. The van der Waals surface area contributed by atoms with Crippen molar-refractivity contribution in [1.29, 1.82) is 0 Å². The molecule has 1 N–H and O–H groups in total. The van der Waals surface area contributed by atoms with Crippen LogP contribution in [0.2, 0.25) is 10.0 Å². The first-order valence-electron chi connectivity index (χ1n) is 8.13. The van der Waals surface area contributed by atoms with Crippen molar-refractivity contribution in [2.45, 2.75) is 18.9 Å². The van der Waals surface area contributed by atoms with Gasteiger partial charge in [0.25, 0.3) is 0 Å². The molecule has 7 heteroatoms. The van der Waals surface area contributed by atoms with Crippen molar-refractivity contribution in [2.24, 2.45) is 0 Å². The van der Waals surface area contributed by atoms with Gasteiger partial charge in [-0.3, -0.25) is 5.10 Å². The Kier molecular flexibility index (Phi) is 6.02. The van der Waals surface area contributed by atoms with E-state index in [1.165, 1.54) is 6.33 Å². The number of benzene rings is 2. The highest BCUT2D eigenvalue weighted by Crippen LogP contribution is 2.36. The first-order valence-corrected chi connectivity index (χ1v) is 8.88. The molecule has 0 aliphatic carbocycles. The first-order chi connectivity index (χ1) is 13.1. The third-order valence-electron chi connectivity index (χ3n) is 3.98. The molecule has 0 aliphatic heterocycles. The summed E-state index contributed by atoms with van der Waals surface area (Å²) in [5, 5.41) is 7.84. The lowest BCUT2D eigenvalue weighted by Crippen LogP contribution is -2.30. The van der Waals surface area contributed by atoms with Crippen molar-refractivity contribution in [3.63, 3.8) is 0 Å². The molecule has 3 rings (SSSR count). The van der Waals surface area contributed by atoms with Gasteiger partial charge in [-0.05, 0) is 49.4 Å². The highest BCUT2D eigenvalue weighted by Gasteiger charge is 2.34. The van der Waals surface area contributed by atoms with Crippen molar-refractivity contribution in [3.05, 3.63) is 70.2 Å². The van der Waals surface area contributed by atoms with Gasteiger partial charge in [-0.2, -0.15) is 5.10 Å². The Bertz CT molecular complexity index is 963. The van der Waals surface area contributed by atoms with E-state index in [2.05, 4.69) is 27.0 Å². The summed E-state index contributed by atoms with van der Waals surface area (Å²) in [4.78, 5) is 4.17. The molecule has 1 heterocycles. The van der Waals surface area contributed by atoms with Crippen molar-refractivity contribution in [1.82, 2.24) is 15.2 Å². The lowest BCUT2D eigenvalue weighted by atomic mass is 9.90. The van der Waals surface area contributed by atoms with E-state index < -0.39 is 5.60 Å². The number of methoxy groups -OCH3 is 1. The van der Waals surface area contributed by atoms with E-state index in [0.29, 0.717) is 33.8 Å². The third kappa shape index (κ3) is 4.42. The minimum atomic E-state index is -0.954. The predicted octanol–water partition coefficient (Wildman–Crippen LogP) is 5.01. The van der Waals surface area contributed by atoms with E-state index in [0.717, 1.165) is 5.56 Å². The van der Waals surface area contributed by atoms with Gasteiger partial charge in [0.2, 0.25) is 0 Å². The average Bonchev–Trinajstić information content (AvgIpc) is 3.16. The maximum absolute atomic E-state index is 6.56. The van der Waals surface area contributed by atoms with Crippen LogP contribution in [-0.2, 0) is 16.8 Å². The molecule has 0 amide bonds. The van der Waals surface area contributed by atoms with Crippen molar-refractivity contribution in [2.75, 3.05) is 7.11 Å². The lowest BCUT2D eigenvalue weighted by molar-refractivity contribution is 0.0367. The van der Waals surface area contributed by atoms with Gasteiger partial charge in [0, 0.05) is 17.7 Å². The summed E-state index contributed by atoms with van der Waals surface area (Å²) in [6, 6.07) is 12.5. The van der Waals surface area contributed by atoms with Gasteiger partial charge in [-0.15, -0.1) is 5.92 Å².